The normalized spacial score (nSPS) is 24.5. The largest absolute Gasteiger partial charge is 0.394 e. The average molecular weight is 235 g/mol. The lowest BCUT2D eigenvalue weighted by atomic mass is 10.2. The van der Waals surface area contributed by atoms with Crippen LogP contribution in [0.5, 0.6) is 0 Å². The van der Waals surface area contributed by atoms with Crippen LogP contribution in [0.3, 0.4) is 0 Å². The Hall–Kier alpha value is -1.66. The van der Waals surface area contributed by atoms with Crippen molar-refractivity contribution in [1.82, 2.24) is 14.0 Å². The van der Waals surface area contributed by atoms with E-state index in [-0.39, 0.29) is 24.5 Å². The van der Waals surface area contributed by atoms with Crippen LogP contribution in [0.1, 0.15) is 19.1 Å². The van der Waals surface area contributed by atoms with Gasteiger partial charge < -0.3 is 9.84 Å². The van der Waals surface area contributed by atoms with E-state index >= 15 is 0 Å². The maximum atomic E-state index is 11.6. The summed E-state index contributed by atoms with van der Waals surface area (Å²) in [6.45, 7) is 0.0308. The van der Waals surface area contributed by atoms with Crippen LogP contribution in [0.4, 0.5) is 0 Å². The zero-order valence-electron chi connectivity index (χ0n) is 9.19. The summed E-state index contributed by atoms with van der Waals surface area (Å²) >= 11 is 0. The average Bonchev–Trinajstić information content (AvgIpc) is 2.94. The predicted molar refractivity (Wildman–Crippen MR) is 59.7 cm³/mol. The number of ether oxygens (including phenoxy) is 1. The van der Waals surface area contributed by atoms with Crippen LogP contribution >= 0.6 is 0 Å². The molecule has 90 valence electrons. The first-order chi connectivity index (χ1) is 8.29. The third kappa shape index (κ3) is 1.65. The van der Waals surface area contributed by atoms with Crippen LogP contribution in [-0.4, -0.2) is 31.8 Å². The minimum atomic E-state index is -0.147. The second-order valence-corrected chi connectivity index (χ2v) is 4.13. The molecular formula is C11H13N3O3. The maximum Gasteiger partial charge on any atom is 0.258 e. The van der Waals surface area contributed by atoms with Crippen molar-refractivity contribution >= 4 is 5.78 Å². The number of imidazole rings is 1. The second kappa shape index (κ2) is 3.97. The Morgan fingerprint density at radius 3 is 3.12 bits per heavy atom. The Balaban J connectivity index is 2.02. The highest BCUT2D eigenvalue weighted by atomic mass is 16.5. The third-order valence-corrected chi connectivity index (χ3v) is 3.07. The summed E-state index contributed by atoms with van der Waals surface area (Å²) in [6, 6.07) is 1.42. The van der Waals surface area contributed by atoms with E-state index in [1.54, 1.807) is 12.4 Å². The van der Waals surface area contributed by atoms with Crippen molar-refractivity contribution in [3.05, 3.63) is 35.0 Å². The Morgan fingerprint density at radius 2 is 2.35 bits per heavy atom. The van der Waals surface area contributed by atoms with Crippen LogP contribution in [-0.2, 0) is 4.74 Å². The Kier molecular flexibility index (Phi) is 2.45. The zero-order chi connectivity index (χ0) is 11.8. The first-order valence-electron chi connectivity index (χ1n) is 5.60. The molecule has 1 aliphatic rings. The van der Waals surface area contributed by atoms with Crippen LogP contribution < -0.4 is 5.56 Å². The second-order valence-electron chi connectivity index (χ2n) is 4.13. The number of aliphatic hydroxyl groups is 1. The van der Waals surface area contributed by atoms with Gasteiger partial charge in [0.15, 0.2) is 0 Å². The summed E-state index contributed by atoms with van der Waals surface area (Å²) in [4.78, 5) is 15.7. The molecule has 0 aromatic carbocycles. The lowest BCUT2D eigenvalue weighted by molar-refractivity contribution is -0.0206. The van der Waals surface area contributed by atoms with Crippen molar-refractivity contribution in [1.29, 1.82) is 0 Å². The van der Waals surface area contributed by atoms with Crippen molar-refractivity contribution in [2.24, 2.45) is 0 Å². The molecule has 0 bridgehead atoms. The van der Waals surface area contributed by atoms with E-state index in [2.05, 4.69) is 4.98 Å². The third-order valence-electron chi connectivity index (χ3n) is 3.07. The van der Waals surface area contributed by atoms with Gasteiger partial charge in [0.2, 0.25) is 5.78 Å². The van der Waals surface area contributed by atoms with Crippen molar-refractivity contribution in [3.8, 4) is 0 Å². The van der Waals surface area contributed by atoms with Gasteiger partial charge in [-0.1, -0.05) is 0 Å². The van der Waals surface area contributed by atoms with E-state index in [9.17, 15) is 4.79 Å². The molecule has 2 atom stereocenters. The minimum Gasteiger partial charge on any atom is -0.394 e. The molecule has 1 aliphatic heterocycles. The van der Waals surface area contributed by atoms with Crippen molar-refractivity contribution < 1.29 is 9.84 Å². The van der Waals surface area contributed by atoms with Crippen molar-refractivity contribution in [2.45, 2.75) is 25.2 Å². The quantitative estimate of drug-likeness (QED) is 0.805. The summed E-state index contributed by atoms with van der Waals surface area (Å²) in [7, 11) is 0. The molecule has 2 aromatic heterocycles. The van der Waals surface area contributed by atoms with Gasteiger partial charge in [-0.15, -0.1) is 0 Å². The fourth-order valence-electron chi connectivity index (χ4n) is 2.20. The van der Waals surface area contributed by atoms with Gasteiger partial charge in [-0.2, -0.15) is 0 Å². The number of aliphatic hydroxyl groups excluding tert-OH is 1. The summed E-state index contributed by atoms with van der Waals surface area (Å²) < 4.78 is 8.97. The molecule has 0 spiro atoms. The Labute approximate surface area is 97.1 Å². The molecule has 3 heterocycles. The Morgan fingerprint density at radius 1 is 1.47 bits per heavy atom. The standard InChI is InChI=1S/C11H13N3O3/c15-7-8-1-2-10(17-8)14-6-5-13-9(16)3-4-12-11(13)14/h3-6,8,10,15H,1-2,7H2/t8-,10+/m0/s1. The van der Waals surface area contributed by atoms with E-state index in [1.165, 1.54) is 16.7 Å². The number of hydrogen-bond donors (Lipinski definition) is 1. The molecule has 2 aromatic rings. The molecule has 3 rings (SSSR count). The van der Waals surface area contributed by atoms with Gasteiger partial charge in [0, 0.05) is 24.7 Å². The highest BCUT2D eigenvalue weighted by Gasteiger charge is 2.26. The summed E-state index contributed by atoms with van der Waals surface area (Å²) in [5.41, 5.74) is -0.106. The molecule has 6 nitrogen and oxygen atoms in total. The van der Waals surface area contributed by atoms with Gasteiger partial charge in [-0.25, -0.2) is 4.98 Å². The first-order valence-corrected chi connectivity index (χ1v) is 5.60. The molecule has 0 aliphatic carbocycles. The molecular weight excluding hydrogens is 222 g/mol. The molecule has 17 heavy (non-hydrogen) atoms. The molecule has 1 N–H and O–H groups in total. The number of aromatic nitrogens is 3. The maximum absolute atomic E-state index is 11.6. The zero-order valence-corrected chi connectivity index (χ0v) is 9.19. The topological polar surface area (TPSA) is 68.8 Å². The van der Waals surface area contributed by atoms with Crippen molar-refractivity contribution in [2.75, 3.05) is 6.61 Å². The summed E-state index contributed by atoms with van der Waals surface area (Å²) in [6.07, 6.45) is 6.34. The number of nitrogens with zero attached hydrogens (tertiary/aromatic N) is 3. The van der Waals surface area contributed by atoms with E-state index < -0.39 is 0 Å². The van der Waals surface area contributed by atoms with E-state index in [0.717, 1.165) is 12.8 Å². The smallest absolute Gasteiger partial charge is 0.258 e. The lowest BCUT2D eigenvalue weighted by Gasteiger charge is -2.13. The monoisotopic (exact) mass is 235 g/mol. The van der Waals surface area contributed by atoms with Gasteiger partial charge >= 0.3 is 0 Å². The summed E-state index contributed by atoms with van der Waals surface area (Å²) in [5.74, 6) is 0.570. The molecule has 6 heteroatoms. The number of rotatable bonds is 2. The van der Waals surface area contributed by atoms with Gasteiger partial charge in [-0.3, -0.25) is 13.8 Å². The van der Waals surface area contributed by atoms with E-state index in [1.807, 2.05) is 4.57 Å². The Bertz CT molecular complexity index is 589. The summed E-state index contributed by atoms with van der Waals surface area (Å²) in [5, 5.41) is 9.03. The molecule has 0 amide bonds. The molecule has 0 saturated carbocycles. The fourth-order valence-corrected chi connectivity index (χ4v) is 2.20. The number of hydrogen-bond acceptors (Lipinski definition) is 4. The van der Waals surface area contributed by atoms with E-state index in [0.29, 0.717) is 5.78 Å². The van der Waals surface area contributed by atoms with Gasteiger partial charge in [0.05, 0.1) is 12.7 Å². The van der Waals surface area contributed by atoms with Crippen molar-refractivity contribution in [3.63, 3.8) is 0 Å². The van der Waals surface area contributed by atoms with Crippen LogP contribution in [0, 0.1) is 0 Å². The SMILES string of the molecule is O=c1ccnc2n([C@H]3CC[C@@H](CO)O3)ccn12. The molecule has 0 unspecified atom stereocenters. The highest BCUT2D eigenvalue weighted by Crippen LogP contribution is 2.28. The van der Waals surface area contributed by atoms with Gasteiger partial charge in [0.25, 0.3) is 5.56 Å². The number of fused-ring (bicyclic) bond motifs is 1. The fraction of sp³-hybridized carbons (Fsp3) is 0.455. The minimum absolute atomic E-state index is 0.0308. The van der Waals surface area contributed by atoms with Crippen LogP contribution in [0.2, 0.25) is 0 Å². The molecule has 1 fully saturated rings. The lowest BCUT2D eigenvalue weighted by Crippen LogP contribution is -2.16. The molecule has 0 radical (unpaired) electrons. The predicted octanol–water partition coefficient (Wildman–Crippen LogP) is 0.166. The molecule has 1 saturated heterocycles. The van der Waals surface area contributed by atoms with Gasteiger partial charge in [-0.05, 0) is 12.8 Å². The van der Waals surface area contributed by atoms with Gasteiger partial charge in [0.1, 0.15) is 6.23 Å². The highest BCUT2D eigenvalue weighted by molar-refractivity contribution is 5.29. The van der Waals surface area contributed by atoms with Crippen LogP contribution in [0.25, 0.3) is 5.78 Å². The van der Waals surface area contributed by atoms with E-state index in [4.69, 9.17) is 9.84 Å². The first kappa shape index (κ1) is 10.5. The van der Waals surface area contributed by atoms with Crippen LogP contribution in [0.15, 0.2) is 29.5 Å².